The van der Waals surface area contributed by atoms with E-state index in [9.17, 15) is 4.79 Å². The summed E-state index contributed by atoms with van der Waals surface area (Å²) in [5.74, 6) is 0.770. The number of fused-ring (bicyclic) bond motifs is 1. The van der Waals surface area contributed by atoms with E-state index in [1.807, 2.05) is 36.4 Å². The molecule has 0 atom stereocenters. The lowest BCUT2D eigenvalue weighted by atomic mass is 9.78. The van der Waals surface area contributed by atoms with Gasteiger partial charge in [0.1, 0.15) is 5.75 Å². The molecular formula is C23H20O2. The number of benzene rings is 3. The van der Waals surface area contributed by atoms with E-state index < -0.39 is 5.60 Å². The van der Waals surface area contributed by atoms with Gasteiger partial charge in [0.25, 0.3) is 0 Å². The summed E-state index contributed by atoms with van der Waals surface area (Å²) in [5, 5.41) is 0. The van der Waals surface area contributed by atoms with E-state index in [0.29, 0.717) is 17.7 Å². The minimum Gasteiger partial charge on any atom is -0.477 e. The first-order chi connectivity index (χ1) is 12.1. The van der Waals surface area contributed by atoms with E-state index in [1.165, 1.54) is 0 Å². The van der Waals surface area contributed by atoms with Crippen LogP contribution in [-0.4, -0.2) is 5.78 Å². The van der Waals surface area contributed by atoms with Crippen LogP contribution in [0, 0.1) is 13.8 Å². The monoisotopic (exact) mass is 328 g/mol. The van der Waals surface area contributed by atoms with Crippen molar-refractivity contribution in [2.75, 3.05) is 0 Å². The average Bonchev–Trinajstić information content (AvgIpc) is 2.61. The van der Waals surface area contributed by atoms with Gasteiger partial charge in [-0.3, -0.25) is 4.79 Å². The van der Waals surface area contributed by atoms with Crippen LogP contribution in [0.5, 0.6) is 5.75 Å². The normalized spacial score (nSPS) is 15.4. The molecule has 0 aliphatic carbocycles. The Bertz CT molecular complexity index is 910. The summed E-state index contributed by atoms with van der Waals surface area (Å²) in [4.78, 5) is 12.9. The molecule has 0 aromatic heterocycles. The van der Waals surface area contributed by atoms with Crippen molar-refractivity contribution in [2.24, 2.45) is 0 Å². The van der Waals surface area contributed by atoms with Crippen molar-refractivity contribution in [3.8, 4) is 5.75 Å². The fraction of sp³-hybridized carbons (Fsp3) is 0.174. The van der Waals surface area contributed by atoms with Crippen LogP contribution in [0.2, 0.25) is 0 Å². The van der Waals surface area contributed by atoms with Gasteiger partial charge >= 0.3 is 0 Å². The van der Waals surface area contributed by atoms with Gasteiger partial charge in [0, 0.05) is 11.1 Å². The molecule has 1 aliphatic heterocycles. The number of hydrogen-bond acceptors (Lipinski definition) is 2. The molecule has 25 heavy (non-hydrogen) atoms. The van der Waals surface area contributed by atoms with Crippen molar-refractivity contribution >= 4 is 5.78 Å². The van der Waals surface area contributed by atoms with Gasteiger partial charge in [-0.15, -0.1) is 0 Å². The second-order valence-corrected chi connectivity index (χ2v) is 6.76. The first kappa shape index (κ1) is 15.6. The fourth-order valence-electron chi connectivity index (χ4n) is 3.61. The quantitative estimate of drug-likeness (QED) is 0.645. The number of Topliss-reactive ketones (excluding diaryl/α,β-unsaturated/α-hetero) is 1. The predicted molar refractivity (Wildman–Crippen MR) is 99.2 cm³/mol. The highest BCUT2D eigenvalue weighted by Crippen LogP contribution is 2.44. The lowest BCUT2D eigenvalue weighted by Gasteiger charge is -2.39. The number of carbonyl (C=O) groups is 1. The average molecular weight is 328 g/mol. The Labute approximate surface area is 148 Å². The molecule has 0 saturated carbocycles. The summed E-state index contributed by atoms with van der Waals surface area (Å²) in [7, 11) is 0. The maximum atomic E-state index is 12.9. The zero-order valence-electron chi connectivity index (χ0n) is 14.5. The van der Waals surface area contributed by atoms with Crippen molar-refractivity contribution < 1.29 is 9.53 Å². The fourth-order valence-corrected chi connectivity index (χ4v) is 3.61. The Hall–Kier alpha value is -2.87. The highest BCUT2D eigenvalue weighted by Gasteiger charge is 2.43. The molecule has 0 fully saturated rings. The van der Waals surface area contributed by atoms with Gasteiger partial charge in [-0.2, -0.15) is 0 Å². The molecule has 124 valence electrons. The topological polar surface area (TPSA) is 26.3 Å². The third-order valence-electron chi connectivity index (χ3n) is 4.85. The summed E-state index contributed by atoms with van der Waals surface area (Å²) in [6, 6.07) is 24.0. The van der Waals surface area contributed by atoms with Gasteiger partial charge < -0.3 is 4.74 Å². The zero-order valence-corrected chi connectivity index (χ0v) is 14.5. The number of rotatable bonds is 2. The van der Waals surface area contributed by atoms with Crippen LogP contribution in [-0.2, 0) is 5.60 Å². The summed E-state index contributed by atoms with van der Waals surface area (Å²) >= 11 is 0. The summed E-state index contributed by atoms with van der Waals surface area (Å²) in [5.41, 5.74) is 4.21. The molecular weight excluding hydrogens is 308 g/mol. The minimum absolute atomic E-state index is 0.116. The van der Waals surface area contributed by atoms with E-state index in [0.717, 1.165) is 22.3 Å². The van der Waals surface area contributed by atoms with Gasteiger partial charge in [-0.05, 0) is 26.0 Å². The van der Waals surface area contributed by atoms with Gasteiger partial charge in [0.15, 0.2) is 11.4 Å². The maximum absolute atomic E-state index is 12.9. The Morgan fingerprint density at radius 1 is 0.800 bits per heavy atom. The van der Waals surface area contributed by atoms with Crippen LogP contribution in [0.4, 0.5) is 0 Å². The molecule has 0 N–H and O–H groups in total. The third kappa shape index (κ3) is 2.64. The molecule has 0 amide bonds. The Morgan fingerprint density at radius 2 is 1.40 bits per heavy atom. The number of carbonyl (C=O) groups excluding carboxylic acids is 1. The molecule has 2 heteroatoms. The Kier molecular flexibility index (Phi) is 3.69. The van der Waals surface area contributed by atoms with Crippen molar-refractivity contribution in [3.05, 3.63) is 101 Å². The lowest BCUT2D eigenvalue weighted by molar-refractivity contribution is 0.0616. The van der Waals surface area contributed by atoms with Crippen LogP contribution in [0.15, 0.2) is 72.8 Å². The van der Waals surface area contributed by atoms with E-state index in [2.05, 4.69) is 50.2 Å². The largest absolute Gasteiger partial charge is 0.477 e. The van der Waals surface area contributed by atoms with Crippen LogP contribution >= 0.6 is 0 Å². The van der Waals surface area contributed by atoms with Crippen LogP contribution in [0.1, 0.15) is 39.0 Å². The van der Waals surface area contributed by atoms with E-state index >= 15 is 0 Å². The molecule has 3 aromatic carbocycles. The predicted octanol–water partition coefficient (Wildman–Crippen LogP) is 5.21. The van der Waals surface area contributed by atoms with Crippen molar-refractivity contribution in [1.82, 2.24) is 0 Å². The third-order valence-corrected chi connectivity index (χ3v) is 4.85. The van der Waals surface area contributed by atoms with Crippen LogP contribution in [0.25, 0.3) is 0 Å². The van der Waals surface area contributed by atoms with Crippen molar-refractivity contribution in [2.45, 2.75) is 25.9 Å². The number of ether oxygens (including phenoxy) is 1. The first-order valence-corrected chi connectivity index (χ1v) is 8.54. The maximum Gasteiger partial charge on any atom is 0.171 e. The zero-order chi connectivity index (χ0) is 17.4. The van der Waals surface area contributed by atoms with E-state index in [4.69, 9.17) is 4.74 Å². The molecule has 1 aliphatic rings. The molecule has 0 saturated heterocycles. The van der Waals surface area contributed by atoms with Gasteiger partial charge in [-0.25, -0.2) is 0 Å². The molecule has 3 aromatic rings. The van der Waals surface area contributed by atoms with Gasteiger partial charge in [0.2, 0.25) is 0 Å². The molecule has 4 rings (SSSR count). The molecule has 1 heterocycles. The number of hydrogen-bond donors (Lipinski definition) is 0. The van der Waals surface area contributed by atoms with Crippen molar-refractivity contribution in [3.63, 3.8) is 0 Å². The summed E-state index contributed by atoms with van der Waals surface area (Å²) in [6.45, 7) is 4.12. The number of aryl methyl sites for hydroxylation is 2. The van der Waals surface area contributed by atoms with Crippen LogP contribution < -0.4 is 4.74 Å². The first-order valence-electron chi connectivity index (χ1n) is 8.54. The lowest BCUT2D eigenvalue weighted by Crippen LogP contribution is -2.40. The Balaban J connectivity index is 1.97. The van der Waals surface area contributed by atoms with E-state index in [-0.39, 0.29) is 5.78 Å². The minimum atomic E-state index is -0.788. The van der Waals surface area contributed by atoms with E-state index in [1.54, 1.807) is 0 Å². The molecule has 2 nitrogen and oxygen atoms in total. The van der Waals surface area contributed by atoms with Crippen molar-refractivity contribution in [1.29, 1.82) is 0 Å². The summed E-state index contributed by atoms with van der Waals surface area (Å²) < 4.78 is 6.55. The second kappa shape index (κ2) is 5.89. The number of para-hydroxylation sites is 1. The second-order valence-electron chi connectivity index (χ2n) is 6.76. The van der Waals surface area contributed by atoms with Gasteiger partial charge in [0.05, 0.1) is 12.0 Å². The molecule has 0 spiro atoms. The number of ketones is 1. The summed E-state index contributed by atoms with van der Waals surface area (Å²) in [6.07, 6.45) is 0.302. The smallest absolute Gasteiger partial charge is 0.171 e. The van der Waals surface area contributed by atoms with Gasteiger partial charge in [-0.1, -0.05) is 71.8 Å². The standard InChI is InChI=1S/C23H20O2/c1-16-7-5-9-18(13-16)23(19-10-6-8-17(2)14-19)15-21(24)20-11-3-4-12-22(20)25-23/h3-14H,15H2,1-2H3. The molecule has 0 unspecified atom stereocenters. The molecule has 0 bridgehead atoms. The van der Waals surface area contributed by atoms with Crippen LogP contribution in [0.3, 0.4) is 0 Å². The highest BCUT2D eigenvalue weighted by atomic mass is 16.5. The Morgan fingerprint density at radius 3 is 2.00 bits per heavy atom. The SMILES string of the molecule is Cc1cccc(C2(c3cccc(C)c3)CC(=O)c3ccccc3O2)c1. The molecule has 0 radical (unpaired) electrons. The highest BCUT2D eigenvalue weighted by molar-refractivity contribution is 6.00.